The van der Waals surface area contributed by atoms with E-state index in [1.54, 1.807) is 17.1 Å². The Balaban J connectivity index is 2.81. The maximum Gasteiger partial charge on any atom is 0.123 e. The SMILES string of the molecule is CNN(C)c1ccc(F)cc1. The number of hydrazine groups is 1. The van der Waals surface area contributed by atoms with Crippen LogP contribution in [0.15, 0.2) is 24.3 Å². The first-order valence-electron chi connectivity index (χ1n) is 3.40. The van der Waals surface area contributed by atoms with Crippen LogP contribution in [0, 0.1) is 5.82 Å². The van der Waals surface area contributed by atoms with Gasteiger partial charge in [-0.25, -0.2) is 9.82 Å². The first kappa shape index (κ1) is 8.01. The largest absolute Gasteiger partial charge is 0.312 e. The van der Waals surface area contributed by atoms with E-state index in [1.165, 1.54) is 12.1 Å². The third-order valence-corrected chi connectivity index (χ3v) is 1.55. The predicted molar refractivity (Wildman–Crippen MR) is 43.9 cm³/mol. The van der Waals surface area contributed by atoms with Gasteiger partial charge in [0.05, 0.1) is 5.69 Å². The molecule has 0 bridgehead atoms. The average molecular weight is 154 g/mol. The topological polar surface area (TPSA) is 15.3 Å². The maximum absolute atomic E-state index is 12.4. The third kappa shape index (κ3) is 1.91. The number of rotatable bonds is 2. The van der Waals surface area contributed by atoms with Gasteiger partial charge in [-0.2, -0.15) is 0 Å². The van der Waals surface area contributed by atoms with Crippen molar-refractivity contribution >= 4 is 5.69 Å². The molecule has 0 aromatic heterocycles. The van der Waals surface area contributed by atoms with Gasteiger partial charge in [0, 0.05) is 14.1 Å². The van der Waals surface area contributed by atoms with Crippen molar-refractivity contribution in [2.24, 2.45) is 0 Å². The molecule has 1 aromatic carbocycles. The minimum atomic E-state index is -0.210. The third-order valence-electron chi connectivity index (χ3n) is 1.55. The highest BCUT2D eigenvalue weighted by atomic mass is 19.1. The summed E-state index contributed by atoms with van der Waals surface area (Å²) in [6.07, 6.45) is 0. The molecule has 1 rings (SSSR count). The van der Waals surface area contributed by atoms with Gasteiger partial charge in [0.25, 0.3) is 0 Å². The Morgan fingerprint density at radius 1 is 1.27 bits per heavy atom. The van der Waals surface area contributed by atoms with Gasteiger partial charge in [-0.05, 0) is 24.3 Å². The van der Waals surface area contributed by atoms with Gasteiger partial charge < -0.3 is 5.01 Å². The molecule has 3 heteroatoms. The maximum atomic E-state index is 12.4. The summed E-state index contributed by atoms with van der Waals surface area (Å²) in [7, 11) is 3.68. The predicted octanol–water partition coefficient (Wildman–Crippen LogP) is 1.40. The second-order valence-electron chi connectivity index (χ2n) is 2.26. The summed E-state index contributed by atoms with van der Waals surface area (Å²) in [5, 5.41) is 1.80. The van der Waals surface area contributed by atoms with E-state index in [1.807, 2.05) is 14.1 Å². The number of benzene rings is 1. The summed E-state index contributed by atoms with van der Waals surface area (Å²) < 4.78 is 12.4. The summed E-state index contributed by atoms with van der Waals surface area (Å²) in [6.45, 7) is 0. The second-order valence-corrected chi connectivity index (χ2v) is 2.26. The molecule has 0 aliphatic heterocycles. The van der Waals surface area contributed by atoms with E-state index in [9.17, 15) is 4.39 Å². The molecule has 1 N–H and O–H groups in total. The van der Waals surface area contributed by atoms with Crippen LogP contribution in [-0.4, -0.2) is 14.1 Å². The van der Waals surface area contributed by atoms with E-state index in [4.69, 9.17) is 0 Å². The van der Waals surface area contributed by atoms with Gasteiger partial charge in [-0.15, -0.1) is 0 Å². The Labute approximate surface area is 65.6 Å². The Bertz CT molecular complexity index is 220. The molecular formula is C8H11FN2. The van der Waals surface area contributed by atoms with Gasteiger partial charge >= 0.3 is 0 Å². The first-order valence-corrected chi connectivity index (χ1v) is 3.40. The molecular weight excluding hydrogens is 143 g/mol. The van der Waals surface area contributed by atoms with Crippen LogP contribution in [-0.2, 0) is 0 Å². The number of nitrogens with zero attached hydrogens (tertiary/aromatic N) is 1. The Hall–Kier alpha value is -1.09. The van der Waals surface area contributed by atoms with Crippen LogP contribution in [0.4, 0.5) is 10.1 Å². The van der Waals surface area contributed by atoms with E-state index >= 15 is 0 Å². The van der Waals surface area contributed by atoms with Crippen LogP contribution < -0.4 is 10.4 Å². The van der Waals surface area contributed by atoms with Crippen molar-refractivity contribution in [3.05, 3.63) is 30.1 Å². The Morgan fingerprint density at radius 2 is 1.82 bits per heavy atom. The van der Waals surface area contributed by atoms with Gasteiger partial charge in [0.2, 0.25) is 0 Å². The van der Waals surface area contributed by atoms with Crippen molar-refractivity contribution in [1.82, 2.24) is 5.43 Å². The number of halogens is 1. The molecule has 0 unspecified atom stereocenters. The molecule has 0 atom stereocenters. The van der Waals surface area contributed by atoms with Crippen molar-refractivity contribution in [2.45, 2.75) is 0 Å². The molecule has 0 saturated heterocycles. The van der Waals surface area contributed by atoms with Crippen LogP contribution in [0.25, 0.3) is 0 Å². The molecule has 0 spiro atoms. The smallest absolute Gasteiger partial charge is 0.123 e. The highest BCUT2D eigenvalue weighted by Gasteiger charge is 1.95. The fraction of sp³-hybridized carbons (Fsp3) is 0.250. The molecule has 0 saturated carbocycles. The van der Waals surface area contributed by atoms with E-state index < -0.39 is 0 Å². The molecule has 0 heterocycles. The number of nitrogens with one attached hydrogen (secondary N) is 1. The summed E-state index contributed by atoms with van der Waals surface area (Å²) in [4.78, 5) is 0. The lowest BCUT2D eigenvalue weighted by molar-refractivity contribution is 0.627. The highest BCUT2D eigenvalue weighted by Crippen LogP contribution is 2.10. The quantitative estimate of drug-likeness (QED) is 0.648. The van der Waals surface area contributed by atoms with E-state index in [0.29, 0.717) is 0 Å². The lowest BCUT2D eigenvalue weighted by atomic mass is 10.3. The number of hydrogen-bond acceptors (Lipinski definition) is 2. The molecule has 11 heavy (non-hydrogen) atoms. The van der Waals surface area contributed by atoms with Crippen molar-refractivity contribution in [3.8, 4) is 0 Å². The van der Waals surface area contributed by atoms with Crippen LogP contribution in [0.2, 0.25) is 0 Å². The molecule has 0 amide bonds. The van der Waals surface area contributed by atoms with Crippen LogP contribution >= 0.6 is 0 Å². The summed E-state index contributed by atoms with van der Waals surface area (Å²) in [6, 6.07) is 6.30. The summed E-state index contributed by atoms with van der Waals surface area (Å²) >= 11 is 0. The minimum absolute atomic E-state index is 0.210. The Kier molecular flexibility index (Phi) is 2.44. The van der Waals surface area contributed by atoms with E-state index in [2.05, 4.69) is 5.43 Å². The summed E-state index contributed by atoms with van der Waals surface area (Å²) in [5.41, 5.74) is 3.85. The van der Waals surface area contributed by atoms with Gasteiger partial charge in [-0.1, -0.05) is 0 Å². The van der Waals surface area contributed by atoms with Crippen molar-refractivity contribution in [1.29, 1.82) is 0 Å². The zero-order chi connectivity index (χ0) is 8.27. The monoisotopic (exact) mass is 154 g/mol. The molecule has 0 aliphatic rings. The standard InChI is InChI=1S/C8H11FN2/c1-10-11(2)8-5-3-7(9)4-6-8/h3-6,10H,1-2H3. The lowest BCUT2D eigenvalue weighted by Gasteiger charge is -2.16. The molecule has 2 nitrogen and oxygen atoms in total. The van der Waals surface area contributed by atoms with Gasteiger partial charge in [-0.3, -0.25) is 0 Å². The van der Waals surface area contributed by atoms with Gasteiger partial charge in [0.15, 0.2) is 0 Å². The van der Waals surface area contributed by atoms with Crippen LogP contribution in [0.1, 0.15) is 0 Å². The highest BCUT2D eigenvalue weighted by molar-refractivity contribution is 5.43. The van der Waals surface area contributed by atoms with E-state index in [-0.39, 0.29) is 5.82 Å². The van der Waals surface area contributed by atoms with E-state index in [0.717, 1.165) is 5.69 Å². The molecule has 0 radical (unpaired) electrons. The number of hydrogen-bond donors (Lipinski definition) is 1. The summed E-state index contributed by atoms with van der Waals surface area (Å²) in [5.74, 6) is -0.210. The molecule has 0 aliphatic carbocycles. The molecule has 0 fully saturated rings. The van der Waals surface area contributed by atoms with Crippen LogP contribution in [0.3, 0.4) is 0 Å². The first-order chi connectivity index (χ1) is 5.24. The van der Waals surface area contributed by atoms with Crippen LogP contribution in [0.5, 0.6) is 0 Å². The number of anilines is 1. The Morgan fingerprint density at radius 3 is 2.27 bits per heavy atom. The zero-order valence-corrected chi connectivity index (χ0v) is 6.63. The van der Waals surface area contributed by atoms with Crippen molar-refractivity contribution in [3.63, 3.8) is 0 Å². The normalized spacial score (nSPS) is 9.73. The molecule has 60 valence electrons. The minimum Gasteiger partial charge on any atom is -0.312 e. The van der Waals surface area contributed by atoms with Crippen molar-refractivity contribution < 1.29 is 4.39 Å². The molecule has 1 aromatic rings. The zero-order valence-electron chi connectivity index (χ0n) is 6.63. The lowest BCUT2D eigenvalue weighted by Crippen LogP contribution is -2.30. The average Bonchev–Trinajstić information content (AvgIpc) is 2.05. The van der Waals surface area contributed by atoms with Gasteiger partial charge in [0.1, 0.15) is 5.82 Å². The fourth-order valence-corrected chi connectivity index (χ4v) is 0.794. The van der Waals surface area contributed by atoms with Crippen molar-refractivity contribution in [2.75, 3.05) is 19.1 Å². The second kappa shape index (κ2) is 3.34. The fourth-order valence-electron chi connectivity index (χ4n) is 0.794.